The highest BCUT2D eigenvalue weighted by Gasteiger charge is 2.14. The van der Waals surface area contributed by atoms with E-state index in [1.54, 1.807) is 0 Å². The minimum atomic E-state index is 0.164. The lowest BCUT2D eigenvalue weighted by Crippen LogP contribution is -2.33. The van der Waals surface area contributed by atoms with E-state index in [2.05, 4.69) is 5.32 Å². The summed E-state index contributed by atoms with van der Waals surface area (Å²) in [6.07, 6.45) is 1.27. The average molecular weight is 172 g/mol. The fraction of sp³-hybridized carbons (Fsp3) is 0.875. The maximum atomic E-state index is 11.3. The molecule has 0 atom stereocenters. The van der Waals surface area contributed by atoms with Gasteiger partial charge in [-0.25, -0.2) is 0 Å². The van der Waals surface area contributed by atoms with Gasteiger partial charge in [0.25, 0.3) is 0 Å². The highest BCUT2D eigenvalue weighted by atomic mass is 16.3. The molecule has 0 unspecified atom stereocenters. The normalized spacial score (nSPS) is 19.4. The first kappa shape index (κ1) is 9.48. The molecular formula is C8H16N2O2. The van der Waals surface area contributed by atoms with Crippen LogP contribution in [0.25, 0.3) is 0 Å². The Morgan fingerprint density at radius 2 is 2.33 bits per heavy atom. The number of nitrogens with one attached hydrogen (secondary N) is 1. The minimum absolute atomic E-state index is 0.164. The molecule has 4 heteroatoms. The predicted octanol–water partition coefficient (Wildman–Crippen LogP) is -0.809. The third kappa shape index (κ3) is 2.79. The lowest BCUT2D eigenvalue weighted by Gasteiger charge is -2.19. The first-order valence-electron chi connectivity index (χ1n) is 4.44. The van der Waals surface area contributed by atoms with Gasteiger partial charge in [-0.1, -0.05) is 0 Å². The summed E-state index contributed by atoms with van der Waals surface area (Å²) in [5.74, 6) is 0.202. The molecule has 0 aromatic heterocycles. The van der Waals surface area contributed by atoms with Gasteiger partial charge in [-0.2, -0.15) is 0 Å². The van der Waals surface area contributed by atoms with Crippen molar-refractivity contribution in [1.29, 1.82) is 0 Å². The third-order valence-corrected chi connectivity index (χ3v) is 2.01. The smallest absolute Gasteiger partial charge is 0.223 e. The molecule has 1 heterocycles. The van der Waals surface area contributed by atoms with E-state index in [0.717, 1.165) is 19.6 Å². The van der Waals surface area contributed by atoms with Crippen LogP contribution in [-0.2, 0) is 4.79 Å². The Kier molecular flexibility index (Phi) is 4.04. The van der Waals surface area contributed by atoms with Gasteiger partial charge >= 0.3 is 0 Å². The average Bonchev–Trinajstić information content (AvgIpc) is 2.27. The Morgan fingerprint density at radius 3 is 3.08 bits per heavy atom. The van der Waals surface area contributed by atoms with E-state index >= 15 is 0 Å². The lowest BCUT2D eigenvalue weighted by atomic mass is 10.3. The summed E-state index contributed by atoms with van der Waals surface area (Å²) >= 11 is 0. The van der Waals surface area contributed by atoms with E-state index in [-0.39, 0.29) is 12.5 Å². The van der Waals surface area contributed by atoms with Crippen molar-refractivity contribution in [3.05, 3.63) is 0 Å². The molecule has 1 aliphatic heterocycles. The van der Waals surface area contributed by atoms with Gasteiger partial charge in [0, 0.05) is 39.2 Å². The van der Waals surface area contributed by atoms with Crippen molar-refractivity contribution in [3.8, 4) is 0 Å². The molecule has 0 saturated carbocycles. The van der Waals surface area contributed by atoms with Gasteiger partial charge in [-0.15, -0.1) is 0 Å². The molecule has 70 valence electrons. The Bertz CT molecular complexity index is 150. The summed E-state index contributed by atoms with van der Waals surface area (Å²) in [4.78, 5) is 13.1. The van der Waals surface area contributed by atoms with Crippen molar-refractivity contribution < 1.29 is 9.90 Å². The van der Waals surface area contributed by atoms with Crippen LogP contribution in [0.15, 0.2) is 0 Å². The maximum Gasteiger partial charge on any atom is 0.223 e. The number of aliphatic hydroxyl groups is 1. The summed E-state index contributed by atoms with van der Waals surface area (Å²) in [7, 11) is 0. The second-order valence-corrected chi connectivity index (χ2v) is 2.96. The summed E-state index contributed by atoms with van der Waals surface area (Å²) < 4.78 is 0. The number of carbonyl (C=O) groups excluding carboxylic acids is 1. The van der Waals surface area contributed by atoms with Crippen molar-refractivity contribution in [2.24, 2.45) is 0 Å². The fourth-order valence-electron chi connectivity index (χ4n) is 1.32. The van der Waals surface area contributed by atoms with Crippen LogP contribution in [0.3, 0.4) is 0 Å². The maximum absolute atomic E-state index is 11.3. The monoisotopic (exact) mass is 172 g/mol. The molecule has 0 spiro atoms. The van der Waals surface area contributed by atoms with E-state index < -0.39 is 0 Å². The van der Waals surface area contributed by atoms with E-state index in [0.29, 0.717) is 19.4 Å². The van der Waals surface area contributed by atoms with Crippen molar-refractivity contribution >= 4 is 5.91 Å². The van der Waals surface area contributed by atoms with Crippen LogP contribution in [0.1, 0.15) is 12.8 Å². The Labute approximate surface area is 72.6 Å². The van der Waals surface area contributed by atoms with Gasteiger partial charge < -0.3 is 15.3 Å². The Balaban J connectivity index is 2.31. The zero-order valence-corrected chi connectivity index (χ0v) is 7.25. The van der Waals surface area contributed by atoms with E-state index in [1.807, 2.05) is 4.90 Å². The number of carbonyl (C=O) groups is 1. The van der Waals surface area contributed by atoms with Crippen molar-refractivity contribution in [3.63, 3.8) is 0 Å². The van der Waals surface area contributed by atoms with E-state index in [9.17, 15) is 4.79 Å². The summed E-state index contributed by atoms with van der Waals surface area (Å²) in [5, 5.41) is 11.8. The Hall–Kier alpha value is -0.610. The van der Waals surface area contributed by atoms with Crippen molar-refractivity contribution in [2.45, 2.75) is 12.8 Å². The van der Waals surface area contributed by atoms with Crippen molar-refractivity contribution in [1.82, 2.24) is 10.2 Å². The first-order chi connectivity index (χ1) is 5.84. The SMILES string of the molecule is O=C1CCNCCN1CCCO. The topological polar surface area (TPSA) is 52.6 Å². The molecule has 2 N–H and O–H groups in total. The predicted molar refractivity (Wildman–Crippen MR) is 45.8 cm³/mol. The van der Waals surface area contributed by atoms with Gasteiger partial charge in [0.15, 0.2) is 0 Å². The fourth-order valence-corrected chi connectivity index (χ4v) is 1.32. The highest BCUT2D eigenvalue weighted by molar-refractivity contribution is 5.76. The van der Waals surface area contributed by atoms with Crippen LogP contribution in [0, 0.1) is 0 Å². The first-order valence-corrected chi connectivity index (χ1v) is 4.44. The van der Waals surface area contributed by atoms with Crippen LogP contribution in [-0.4, -0.2) is 48.7 Å². The van der Waals surface area contributed by atoms with Gasteiger partial charge in [0.2, 0.25) is 5.91 Å². The largest absolute Gasteiger partial charge is 0.396 e. The van der Waals surface area contributed by atoms with Crippen LogP contribution >= 0.6 is 0 Å². The number of nitrogens with zero attached hydrogens (tertiary/aromatic N) is 1. The second-order valence-electron chi connectivity index (χ2n) is 2.96. The third-order valence-electron chi connectivity index (χ3n) is 2.01. The van der Waals surface area contributed by atoms with Gasteiger partial charge in [0.05, 0.1) is 0 Å². The lowest BCUT2D eigenvalue weighted by molar-refractivity contribution is -0.130. The molecule has 1 fully saturated rings. The highest BCUT2D eigenvalue weighted by Crippen LogP contribution is 1.98. The molecule has 12 heavy (non-hydrogen) atoms. The second kappa shape index (κ2) is 5.11. The number of aliphatic hydroxyl groups excluding tert-OH is 1. The molecule has 1 rings (SSSR count). The molecule has 1 saturated heterocycles. The molecule has 0 aromatic carbocycles. The zero-order chi connectivity index (χ0) is 8.81. The molecule has 1 aliphatic rings. The van der Waals surface area contributed by atoms with Crippen LogP contribution in [0.2, 0.25) is 0 Å². The van der Waals surface area contributed by atoms with E-state index in [1.165, 1.54) is 0 Å². The summed E-state index contributed by atoms with van der Waals surface area (Å²) in [6, 6.07) is 0. The molecule has 0 radical (unpaired) electrons. The molecule has 0 aromatic rings. The van der Waals surface area contributed by atoms with Crippen LogP contribution in [0.4, 0.5) is 0 Å². The summed E-state index contributed by atoms with van der Waals surface area (Å²) in [5.41, 5.74) is 0. The number of rotatable bonds is 3. The van der Waals surface area contributed by atoms with Gasteiger partial charge in [-0.05, 0) is 6.42 Å². The summed E-state index contributed by atoms with van der Waals surface area (Å²) in [6.45, 7) is 3.29. The minimum Gasteiger partial charge on any atom is -0.396 e. The molecule has 0 aliphatic carbocycles. The Morgan fingerprint density at radius 1 is 1.50 bits per heavy atom. The number of amides is 1. The quantitative estimate of drug-likeness (QED) is 0.585. The molecule has 0 bridgehead atoms. The van der Waals surface area contributed by atoms with Gasteiger partial charge in [-0.3, -0.25) is 4.79 Å². The number of hydrogen-bond acceptors (Lipinski definition) is 3. The standard InChI is InChI=1S/C8H16N2O2/c11-7-1-5-10-6-4-9-3-2-8(10)12/h9,11H,1-7H2. The van der Waals surface area contributed by atoms with Gasteiger partial charge in [0.1, 0.15) is 0 Å². The zero-order valence-electron chi connectivity index (χ0n) is 7.25. The van der Waals surface area contributed by atoms with Crippen molar-refractivity contribution in [2.75, 3.05) is 32.8 Å². The van der Waals surface area contributed by atoms with E-state index in [4.69, 9.17) is 5.11 Å². The number of hydrogen-bond donors (Lipinski definition) is 2. The van der Waals surface area contributed by atoms with Crippen LogP contribution in [0.5, 0.6) is 0 Å². The molecule has 4 nitrogen and oxygen atoms in total. The molecular weight excluding hydrogens is 156 g/mol. The molecule has 1 amide bonds. The van der Waals surface area contributed by atoms with Crippen LogP contribution < -0.4 is 5.32 Å².